The molecule has 1 heterocycles. The van der Waals surface area contributed by atoms with Crippen LogP contribution in [-0.2, 0) is 16.6 Å². The minimum absolute atomic E-state index is 0.164. The van der Waals surface area contributed by atoms with Gasteiger partial charge in [-0.05, 0) is 31.5 Å². The number of aryl methyl sites for hydroxylation is 2. The molecule has 0 amide bonds. The number of aromatic nitrogens is 2. The number of anilines is 1. The SMILES string of the molecule is Cc1ccc(S(=O)(=O)NCc2cn[nH]c2C)cc1N. The van der Waals surface area contributed by atoms with Crippen molar-refractivity contribution in [2.24, 2.45) is 0 Å². The molecular weight excluding hydrogens is 264 g/mol. The van der Waals surface area contributed by atoms with Crippen LogP contribution in [0.1, 0.15) is 16.8 Å². The number of nitrogens with one attached hydrogen (secondary N) is 2. The molecule has 0 saturated heterocycles. The molecule has 0 atom stereocenters. The number of rotatable bonds is 4. The van der Waals surface area contributed by atoms with E-state index >= 15 is 0 Å². The van der Waals surface area contributed by atoms with Crippen LogP contribution in [0.3, 0.4) is 0 Å². The lowest BCUT2D eigenvalue weighted by Gasteiger charge is -2.08. The Labute approximate surface area is 112 Å². The van der Waals surface area contributed by atoms with Gasteiger partial charge in [-0.2, -0.15) is 5.10 Å². The number of nitrogen functional groups attached to an aromatic ring is 1. The average molecular weight is 280 g/mol. The number of benzene rings is 1. The third-order valence-electron chi connectivity index (χ3n) is 2.95. The van der Waals surface area contributed by atoms with Crippen LogP contribution in [0.5, 0.6) is 0 Å². The highest BCUT2D eigenvalue weighted by molar-refractivity contribution is 7.89. The van der Waals surface area contributed by atoms with Gasteiger partial charge in [0.05, 0.1) is 11.1 Å². The van der Waals surface area contributed by atoms with Gasteiger partial charge in [-0.25, -0.2) is 13.1 Å². The van der Waals surface area contributed by atoms with Gasteiger partial charge in [0, 0.05) is 23.5 Å². The number of nitrogens with zero attached hydrogens (tertiary/aromatic N) is 1. The van der Waals surface area contributed by atoms with Crippen molar-refractivity contribution in [1.82, 2.24) is 14.9 Å². The molecule has 102 valence electrons. The predicted octanol–water partition coefficient (Wildman–Crippen LogP) is 1.09. The van der Waals surface area contributed by atoms with E-state index in [1.54, 1.807) is 12.3 Å². The van der Waals surface area contributed by atoms with Crippen LogP contribution in [0.4, 0.5) is 5.69 Å². The number of H-pyrrole nitrogens is 1. The zero-order valence-electron chi connectivity index (χ0n) is 10.8. The molecule has 7 heteroatoms. The normalized spacial score (nSPS) is 11.7. The van der Waals surface area contributed by atoms with Crippen molar-refractivity contribution in [2.45, 2.75) is 25.3 Å². The third-order valence-corrected chi connectivity index (χ3v) is 4.35. The summed E-state index contributed by atoms with van der Waals surface area (Å²) in [5.74, 6) is 0. The smallest absolute Gasteiger partial charge is 0.240 e. The number of hydrogen-bond acceptors (Lipinski definition) is 4. The topological polar surface area (TPSA) is 101 Å². The van der Waals surface area contributed by atoms with Crippen molar-refractivity contribution in [1.29, 1.82) is 0 Å². The summed E-state index contributed by atoms with van der Waals surface area (Å²) >= 11 is 0. The summed E-state index contributed by atoms with van der Waals surface area (Å²) in [4.78, 5) is 0.164. The maximum absolute atomic E-state index is 12.1. The molecule has 2 aromatic rings. The molecule has 1 aromatic heterocycles. The highest BCUT2D eigenvalue weighted by Crippen LogP contribution is 2.17. The van der Waals surface area contributed by atoms with Gasteiger partial charge >= 0.3 is 0 Å². The van der Waals surface area contributed by atoms with E-state index in [4.69, 9.17) is 5.73 Å². The fourth-order valence-corrected chi connectivity index (χ4v) is 2.64. The standard InChI is InChI=1S/C12H16N4O2S/c1-8-3-4-11(5-12(8)13)19(17,18)15-7-10-6-14-16-9(10)2/h3-6,15H,7,13H2,1-2H3,(H,14,16). The third kappa shape index (κ3) is 2.94. The first kappa shape index (κ1) is 13.6. The molecule has 0 aliphatic rings. The highest BCUT2D eigenvalue weighted by Gasteiger charge is 2.15. The fourth-order valence-electron chi connectivity index (χ4n) is 1.60. The Kier molecular flexibility index (Phi) is 3.59. The van der Waals surface area contributed by atoms with E-state index in [0.29, 0.717) is 5.69 Å². The highest BCUT2D eigenvalue weighted by atomic mass is 32.2. The van der Waals surface area contributed by atoms with Gasteiger partial charge in [-0.15, -0.1) is 0 Å². The second kappa shape index (κ2) is 5.02. The van der Waals surface area contributed by atoms with Crippen LogP contribution in [0.15, 0.2) is 29.3 Å². The molecule has 0 spiro atoms. The Bertz CT molecular complexity index is 692. The summed E-state index contributed by atoms with van der Waals surface area (Å²) in [5, 5.41) is 6.60. The van der Waals surface area contributed by atoms with Gasteiger partial charge in [-0.1, -0.05) is 6.07 Å². The van der Waals surface area contributed by atoms with E-state index < -0.39 is 10.0 Å². The molecular formula is C12H16N4O2S. The lowest BCUT2D eigenvalue weighted by atomic mass is 10.2. The Morgan fingerprint density at radius 3 is 2.68 bits per heavy atom. The van der Waals surface area contributed by atoms with Gasteiger partial charge in [0.15, 0.2) is 0 Å². The summed E-state index contributed by atoms with van der Waals surface area (Å²) in [5.41, 5.74) is 8.68. The van der Waals surface area contributed by atoms with E-state index in [2.05, 4.69) is 14.9 Å². The molecule has 0 aliphatic carbocycles. The van der Waals surface area contributed by atoms with Crippen molar-refractivity contribution in [3.05, 3.63) is 41.2 Å². The van der Waals surface area contributed by atoms with Crippen LogP contribution in [-0.4, -0.2) is 18.6 Å². The number of nitrogens with two attached hydrogens (primary N) is 1. The average Bonchev–Trinajstić information content (AvgIpc) is 2.76. The van der Waals surface area contributed by atoms with E-state index in [1.807, 2.05) is 13.8 Å². The molecule has 4 N–H and O–H groups in total. The van der Waals surface area contributed by atoms with Crippen molar-refractivity contribution >= 4 is 15.7 Å². The van der Waals surface area contributed by atoms with Gasteiger partial charge in [0.1, 0.15) is 0 Å². The first-order chi connectivity index (χ1) is 8.90. The molecule has 2 rings (SSSR count). The Morgan fingerprint density at radius 2 is 2.11 bits per heavy atom. The summed E-state index contributed by atoms with van der Waals surface area (Å²) in [6.07, 6.45) is 1.60. The quantitative estimate of drug-likeness (QED) is 0.730. The fraction of sp³-hybridized carbons (Fsp3) is 0.250. The summed E-state index contributed by atoms with van der Waals surface area (Å²) in [6.45, 7) is 3.85. The predicted molar refractivity (Wildman–Crippen MR) is 72.9 cm³/mol. The number of hydrogen-bond donors (Lipinski definition) is 3. The monoisotopic (exact) mass is 280 g/mol. The van der Waals surface area contributed by atoms with Crippen LogP contribution >= 0.6 is 0 Å². The first-order valence-corrected chi connectivity index (χ1v) is 7.23. The van der Waals surface area contributed by atoms with Crippen LogP contribution in [0.2, 0.25) is 0 Å². The lowest BCUT2D eigenvalue weighted by molar-refractivity contribution is 0.581. The largest absolute Gasteiger partial charge is 0.398 e. The molecule has 6 nitrogen and oxygen atoms in total. The minimum atomic E-state index is -3.56. The van der Waals surface area contributed by atoms with Gasteiger partial charge in [0.25, 0.3) is 0 Å². The van der Waals surface area contributed by atoms with Gasteiger partial charge < -0.3 is 5.73 Å². The Balaban J connectivity index is 2.18. The van der Waals surface area contributed by atoms with E-state index in [9.17, 15) is 8.42 Å². The molecule has 0 fully saturated rings. The number of sulfonamides is 1. The Hall–Kier alpha value is -1.86. The van der Waals surface area contributed by atoms with E-state index in [-0.39, 0.29) is 11.4 Å². The van der Waals surface area contributed by atoms with E-state index in [0.717, 1.165) is 16.8 Å². The Morgan fingerprint density at radius 1 is 1.37 bits per heavy atom. The maximum atomic E-state index is 12.1. The maximum Gasteiger partial charge on any atom is 0.240 e. The second-order valence-corrected chi connectivity index (χ2v) is 6.13. The van der Waals surface area contributed by atoms with E-state index in [1.165, 1.54) is 12.1 Å². The van der Waals surface area contributed by atoms with Crippen molar-refractivity contribution in [2.75, 3.05) is 5.73 Å². The van der Waals surface area contributed by atoms with Crippen molar-refractivity contribution in [3.63, 3.8) is 0 Å². The summed E-state index contributed by atoms with van der Waals surface area (Å²) in [6, 6.07) is 4.68. The van der Waals surface area contributed by atoms with Gasteiger partial charge in [0.2, 0.25) is 10.0 Å². The lowest BCUT2D eigenvalue weighted by Crippen LogP contribution is -2.23. The zero-order chi connectivity index (χ0) is 14.0. The molecule has 0 radical (unpaired) electrons. The molecule has 0 aliphatic heterocycles. The molecule has 1 aromatic carbocycles. The molecule has 0 saturated carbocycles. The van der Waals surface area contributed by atoms with Crippen LogP contribution < -0.4 is 10.5 Å². The van der Waals surface area contributed by atoms with Crippen molar-refractivity contribution < 1.29 is 8.42 Å². The first-order valence-electron chi connectivity index (χ1n) is 5.75. The molecule has 19 heavy (non-hydrogen) atoms. The van der Waals surface area contributed by atoms with Gasteiger partial charge in [-0.3, -0.25) is 5.10 Å². The number of aromatic amines is 1. The summed E-state index contributed by atoms with van der Waals surface area (Å²) < 4.78 is 26.7. The zero-order valence-corrected chi connectivity index (χ0v) is 11.6. The van der Waals surface area contributed by atoms with Crippen LogP contribution in [0, 0.1) is 13.8 Å². The van der Waals surface area contributed by atoms with Crippen molar-refractivity contribution in [3.8, 4) is 0 Å². The molecule has 0 unspecified atom stereocenters. The summed E-state index contributed by atoms with van der Waals surface area (Å²) in [7, 11) is -3.56. The minimum Gasteiger partial charge on any atom is -0.398 e. The molecule has 0 bridgehead atoms. The second-order valence-electron chi connectivity index (χ2n) is 4.36. The van der Waals surface area contributed by atoms with Crippen LogP contribution in [0.25, 0.3) is 0 Å².